The fourth-order valence-electron chi connectivity index (χ4n) is 3.68. The molecule has 0 spiro atoms. The Morgan fingerprint density at radius 2 is 1.60 bits per heavy atom. The van der Waals surface area contributed by atoms with Crippen molar-refractivity contribution in [3.05, 3.63) is 41.0 Å². The van der Waals surface area contributed by atoms with Crippen LogP contribution < -0.4 is 18.9 Å². The molecule has 0 radical (unpaired) electrons. The monoisotopic (exact) mass is 344 g/mol. The molecule has 1 atom stereocenters. The van der Waals surface area contributed by atoms with Crippen LogP contribution in [0.4, 0.5) is 0 Å². The summed E-state index contributed by atoms with van der Waals surface area (Å²) in [6.07, 6.45) is 2.73. The normalized spacial score (nSPS) is 15.6. The summed E-state index contributed by atoms with van der Waals surface area (Å²) in [4.78, 5) is 0. The highest BCUT2D eigenvalue weighted by Crippen LogP contribution is 2.46. The van der Waals surface area contributed by atoms with Crippen molar-refractivity contribution in [2.75, 3.05) is 28.4 Å². The summed E-state index contributed by atoms with van der Waals surface area (Å²) >= 11 is 0. The molecule has 0 amide bonds. The number of rotatable bonds is 6. The molecule has 0 fully saturated rings. The molecule has 1 aliphatic carbocycles. The molecule has 0 aliphatic heterocycles. The summed E-state index contributed by atoms with van der Waals surface area (Å²) in [5.74, 6) is 3.21. The van der Waals surface area contributed by atoms with Crippen LogP contribution in [0, 0.1) is 5.92 Å². The van der Waals surface area contributed by atoms with Crippen LogP contribution in [0.25, 0.3) is 0 Å². The average molecular weight is 344 g/mol. The summed E-state index contributed by atoms with van der Waals surface area (Å²) in [6.45, 7) is 0. The van der Waals surface area contributed by atoms with Crippen LogP contribution >= 0.6 is 0 Å². The second-order valence-electron chi connectivity index (χ2n) is 6.27. The standard InChI is InChI=1S/C20H24O5/c1-22-17-6-5-12(10-16(17)21)7-13-8-14-11-18(23-2)20(25-4)19(24-3)15(14)9-13/h5-6,10-11,13,21H,7-9H2,1-4H3. The number of benzene rings is 2. The summed E-state index contributed by atoms with van der Waals surface area (Å²) in [5.41, 5.74) is 3.51. The van der Waals surface area contributed by atoms with Crippen molar-refractivity contribution in [2.24, 2.45) is 5.92 Å². The van der Waals surface area contributed by atoms with E-state index in [1.807, 2.05) is 12.1 Å². The second-order valence-corrected chi connectivity index (χ2v) is 6.27. The van der Waals surface area contributed by atoms with Gasteiger partial charge in [-0.2, -0.15) is 0 Å². The van der Waals surface area contributed by atoms with Gasteiger partial charge in [0.25, 0.3) is 0 Å². The van der Waals surface area contributed by atoms with Crippen LogP contribution in [0.1, 0.15) is 16.7 Å². The molecular formula is C20H24O5. The van der Waals surface area contributed by atoms with Crippen LogP contribution in [-0.2, 0) is 19.3 Å². The van der Waals surface area contributed by atoms with Crippen molar-refractivity contribution in [1.29, 1.82) is 0 Å². The first-order chi connectivity index (χ1) is 12.1. The Balaban J connectivity index is 1.85. The van der Waals surface area contributed by atoms with Gasteiger partial charge in [-0.3, -0.25) is 0 Å². The van der Waals surface area contributed by atoms with Gasteiger partial charge in [-0.15, -0.1) is 0 Å². The number of phenolic OH excluding ortho intramolecular Hbond substituents is 1. The van der Waals surface area contributed by atoms with Gasteiger partial charge in [-0.1, -0.05) is 6.07 Å². The lowest BCUT2D eigenvalue weighted by atomic mass is 9.96. The van der Waals surface area contributed by atoms with Crippen LogP contribution in [-0.4, -0.2) is 33.5 Å². The van der Waals surface area contributed by atoms with E-state index >= 15 is 0 Å². The average Bonchev–Trinajstić information content (AvgIpc) is 3.01. The zero-order valence-electron chi connectivity index (χ0n) is 15.1. The minimum Gasteiger partial charge on any atom is -0.504 e. The highest BCUT2D eigenvalue weighted by atomic mass is 16.5. The van der Waals surface area contributed by atoms with Gasteiger partial charge in [-0.05, 0) is 54.5 Å². The van der Waals surface area contributed by atoms with Crippen LogP contribution in [0.5, 0.6) is 28.7 Å². The van der Waals surface area contributed by atoms with Crippen molar-refractivity contribution in [1.82, 2.24) is 0 Å². The maximum absolute atomic E-state index is 9.98. The lowest BCUT2D eigenvalue weighted by Crippen LogP contribution is -2.04. The third-order valence-corrected chi connectivity index (χ3v) is 4.79. The number of ether oxygens (including phenoxy) is 4. The van der Waals surface area contributed by atoms with Gasteiger partial charge < -0.3 is 24.1 Å². The number of hydrogen-bond donors (Lipinski definition) is 1. The Bertz CT molecular complexity index is 769. The van der Waals surface area contributed by atoms with Gasteiger partial charge in [0.15, 0.2) is 23.0 Å². The quantitative estimate of drug-likeness (QED) is 0.870. The van der Waals surface area contributed by atoms with E-state index in [1.54, 1.807) is 40.6 Å². The highest BCUT2D eigenvalue weighted by molar-refractivity contribution is 5.60. The largest absolute Gasteiger partial charge is 0.504 e. The predicted octanol–water partition coefficient (Wildman–Crippen LogP) is 3.38. The van der Waals surface area contributed by atoms with E-state index in [4.69, 9.17) is 18.9 Å². The van der Waals surface area contributed by atoms with Crippen LogP contribution in [0.3, 0.4) is 0 Å². The lowest BCUT2D eigenvalue weighted by molar-refractivity contribution is 0.322. The number of hydrogen-bond acceptors (Lipinski definition) is 5. The molecule has 0 saturated carbocycles. The highest BCUT2D eigenvalue weighted by Gasteiger charge is 2.29. The Morgan fingerprint density at radius 1 is 0.880 bits per heavy atom. The molecule has 0 bridgehead atoms. The Labute approximate surface area is 148 Å². The summed E-state index contributed by atoms with van der Waals surface area (Å²) < 4.78 is 21.6. The van der Waals surface area contributed by atoms with Crippen molar-refractivity contribution in [3.8, 4) is 28.7 Å². The summed E-state index contributed by atoms with van der Waals surface area (Å²) in [7, 11) is 6.47. The Morgan fingerprint density at radius 3 is 2.20 bits per heavy atom. The molecule has 0 heterocycles. The second kappa shape index (κ2) is 7.13. The minimum absolute atomic E-state index is 0.177. The molecule has 0 aromatic heterocycles. The molecule has 1 N–H and O–H groups in total. The van der Waals surface area contributed by atoms with E-state index in [-0.39, 0.29) is 5.75 Å². The number of aromatic hydroxyl groups is 1. The number of phenols is 1. The first-order valence-electron chi connectivity index (χ1n) is 8.27. The summed E-state index contributed by atoms with van der Waals surface area (Å²) in [5, 5.41) is 9.98. The fraction of sp³-hybridized carbons (Fsp3) is 0.400. The predicted molar refractivity (Wildman–Crippen MR) is 95.4 cm³/mol. The molecule has 134 valence electrons. The number of fused-ring (bicyclic) bond motifs is 1. The molecule has 5 heteroatoms. The maximum atomic E-state index is 9.98. The Kier molecular flexibility index (Phi) is 4.93. The van der Waals surface area contributed by atoms with Crippen LogP contribution in [0.2, 0.25) is 0 Å². The van der Waals surface area contributed by atoms with E-state index in [0.717, 1.165) is 30.6 Å². The molecule has 5 nitrogen and oxygen atoms in total. The lowest BCUT2D eigenvalue weighted by Gasteiger charge is -2.15. The molecule has 3 rings (SSSR count). The fourth-order valence-corrected chi connectivity index (χ4v) is 3.68. The summed E-state index contributed by atoms with van der Waals surface area (Å²) in [6, 6.07) is 7.63. The number of methoxy groups -OCH3 is 4. The van der Waals surface area contributed by atoms with E-state index < -0.39 is 0 Å². The molecule has 2 aromatic rings. The van der Waals surface area contributed by atoms with Gasteiger partial charge in [-0.25, -0.2) is 0 Å². The third-order valence-electron chi connectivity index (χ3n) is 4.79. The minimum atomic E-state index is 0.177. The molecule has 1 unspecified atom stereocenters. The van der Waals surface area contributed by atoms with E-state index in [0.29, 0.717) is 23.2 Å². The zero-order valence-corrected chi connectivity index (χ0v) is 15.1. The SMILES string of the molecule is COc1ccc(CC2Cc3cc(OC)c(OC)c(OC)c3C2)cc1O. The van der Waals surface area contributed by atoms with Gasteiger partial charge in [0, 0.05) is 5.56 Å². The molecular weight excluding hydrogens is 320 g/mol. The third kappa shape index (κ3) is 3.18. The van der Waals surface area contributed by atoms with Crippen LogP contribution in [0.15, 0.2) is 24.3 Å². The van der Waals surface area contributed by atoms with Gasteiger partial charge in [0.1, 0.15) is 0 Å². The van der Waals surface area contributed by atoms with Gasteiger partial charge in [0.2, 0.25) is 5.75 Å². The topological polar surface area (TPSA) is 57.2 Å². The van der Waals surface area contributed by atoms with Gasteiger partial charge >= 0.3 is 0 Å². The Hall–Kier alpha value is -2.56. The zero-order chi connectivity index (χ0) is 18.0. The van der Waals surface area contributed by atoms with E-state index in [2.05, 4.69) is 0 Å². The molecule has 1 aliphatic rings. The van der Waals surface area contributed by atoms with Crippen molar-refractivity contribution in [2.45, 2.75) is 19.3 Å². The molecule has 0 saturated heterocycles. The van der Waals surface area contributed by atoms with Gasteiger partial charge in [0.05, 0.1) is 28.4 Å². The smallest absolute Gasteiger partial charge is 0.203 e. The van der Waals surface area contributed by atoms with E-state index in [1.165, 1.54) is 11.1 Å². The van der Waals surface area contributed by atoms with Crippen molar-refractivity contribution < 1.29 is 24.1 Å². The maximum Gasteiger partial charge on any atom is 0.203 e. The first kappa shape index (κ1) is 17.3. The van der Waals surface area contributed by atoms with E-state index in [9.17, 15) is 5.11 Å². The molecule has 2 aromatic carbocycles. The van der Waals surface area contributed by atoms with Crippen molar-refractivity contribution in [3.63, 3.8) is 0 Å². The first-order valence-corrected chi connectivity index (χ1v) is 8.27. The molecule has 25 heavy (non-hydrogen) atoms. The van der Waals surface area contributed by atoms with Crippen molar-refractivity contribution >= 4 is 0 Å².